The number of morpholine rings is 1. The zero-order valence-electron chi connectivity index (χ0n) is 14.6. The fraction of sp³-hybridized carbons (Fsp3) is 0.688. The second-order valence-corrected chi connectivity index (χ2v) is 6.18. The second-order valence-electron chi connectivity index (χ2n) is 6.18. The number of hydrogen-bond acceptors (Lipinski definition) is 7. The van der Waals surface area contributed by atoms with Crippen LogP contribution in [0.25, 0.3) is 0 Å². The molecule has 2 aromatic heterocycles. The van der Waals surface area contributed by atoms with Gasteiger partial charge in [0, 0.05) is 32.3 Å². The molecule has 8 nitrogen and oxygen atoms in total. The van der Waals surface area contributed by atoms with E-state index in [9.17, 15) is 0 Å². The third kappa shape index (κ3) is 4.40. The zero-order chi connectivity index (χ0) is 16.9. The smallest absolute Gasteiger partial charge is 0.240 e. The minimum absolute atomic E-state index is 0.118. The molecule has 0 spiro atoms. The van der Waals surface area contributed by atoms with Crippen LogP contribution in [0.3, 0.4) is 0 Å². The van der Waals surface area contributed by atoms with Gasteiger partial charge in [0.2, 0.25) is 5.89 Å². The predicted octanol–water partition coefficient (Wildman–Crippen LogP) is 0.973. The van der Waals surface area contributed by atoms with Crippen LogP contribution in [-0.2, 0) is 29.0 Å². The van der Waals surface area contributed by atoms with Crippen LogP contribution in [0.4, 0.5) is 0 Å². The molecule has 0 bridgehead atoms. The summed E-state index contributed by atoms with van der Waals surface area (Å²) in [6.07, 6.45) is 0.788. The van der Waals surface area contributed by atoms with Crippen LogP contribution < -0.4 is 0 Å². The standard InChI is InChI=1S/C16H25N5O3/c1-12-8-13(2)21(18-12)10-14-9-20(5-7-23-14)11-16-17-15(19-24-16)4-6-22-3/h8,14H,4-7,9-11H2,1-3H3/t14-/m0/s1. The van der Waals surface area contributed by atoms with E-state index in [2.05, 4.69) is 33.1 Å². The van der Waals surface area contributed by atoms with E-state index >= 15 is 0 Å². The highest BCUT2D eigenvalue weighted by molar-refractivity contribution is 5.06. The van der Waals surface area contributed by atoms with Crippen molar-refractivity contribution in [3.8, 4) is 0 Å². The van der Waals surface area contributed by atoms with Gasteiger partial charge in [0.25, 0.3) is 0 Å². The van der Waals surface area contributed by atoms with E-state index in [1.807, 2.05) is 11.6 Å². The van der Waals surface area contributed by atoms with Crippen molar-refractivity contribution in [1.82, 2.24) is 24.8 Å². The first-order valence-corrected chi connectivity index (χ1v) is 8.29. The Kier molecular flexibility index (Phi) is 5.60. The van der Waals surface area contributed by atoms with Crippen molar-refractivity contribution in [3.63, 3.8) is 0 Å². The Balaban J connectivity index is 1.53. The molecular weight excluding hydrogens is 310 g/mol. The van der Waals surface area contributed by atoms with E-state index < -0.39 is 0 Å². The largest absolute Gasteiger partial charge is 0.384 e. The van der Waals surface area contributed by atoms with Gasteiger partial charge in [-0.3, -0.25) is 9.58 Å². The number of methoxy groups -OCH3 is 1. The molecule has 0 amide bonds. The molecule has 1 saturated heterocycles. The molecule has 1 aliphatic heterocycles. The quantitative estimate of drug-likeness (QED) is 0.746. The molecule has 1 fully saturated rings. The maximum absolute atomic E-state index is 5.89. The maximum atomic E-state index is 5.89. The van der Waals surface area contributed by atoms with Crippen molar-refractivity contribution in [1.29, 1.82) is 0 Å². The molecule has 0 aromatic carbocycles. The molecular formula is C16H25N5O3. The third-order valence-corrected chi connectivity index (χ3v) is 4.10. The highest BCUT2D eigenvalue weighted by Gasteiger charge is 2.23. The van der Waals surface area contributed by atoms with E-state index in [1.165, 1.54) is 0 Å². The molecule has 3 heterocycles. The first-order valence-electron chi connectivity index (χ1n) is 8.29. The van der Waals surface area contributed by atoms with Crippen molar-refractivity contribution < 1.29 is 14.0 Å². The summed E-state index contributed by atoms with van der Waals surface area (Å²) in [5.74, 6) is 1.34. The minimum Gasteiger partial charge on any atom is -0.384 e. The van der Waals surface area contributed by atoms with Gasteiger partial charge in [-0.15, -0.1) is 0 Å². The molecule has 0 radical (unpaired) electrons. The predicted molar refractivity (Wildman–Crippen MR) is 86.6 cm³/mol. The molecule has 0 N–H and O–H groups in total. The van der Waals surface area contributed by atoms with Crippen LogP contribution in [0.2, 0.25) is 0 Å². The van der Waals surface area contributed by atoms with Crippen LogP contribution in [0, 0.1) is 13.8 Å². The molecule has 0 aliphatic carbocycles. The molecule has 0 saturated carbocycles. The number of rotatable bonds is 7. The lowest BCUT2D eigenvalue weighted by Crippen LogP contribution is -2.44. The summed E-state index contributed by atoms with van der Waals surface area (Å²) in [6.45, 7) is 8.48. The summed E-state index contributed by atoms with van der Waals surface area (Å²) >= 11 is 0. The van der Waals surface area contributed by atoms with Gasteiger partial charge in [-0.2, -0.15) is 10.1 Å². The number of nitrogens with zero attached hydrogens (tertiary/aromatic N) is 5. The summed E-state index contributed by atoms with van der Waals surface area (Å²) in [4.78, 5) is 6.70. The lowest BCUT2D eigenvalue weighted by molar-refractivity contribution is -0.0429. The van der Waals surface area contributed by atoms with E-state index in [0.29, 0.717) is 37.9 Å². The molecule has 132 valence electrons. The Morgan fingerprint density at radius 2 is 2.25 bits per heavy atom. The Labute approximate surface area is 141 Å². The number of aromatic nitrogens is 4. The number of aryl methyl sites for hydroxylation is 2. The fourth-order valence-corrected chi connectivity index (χ4v) is 2.93. The summed E-state index contributed by atoms with van der Waals surface area (Å²) in [7, 11) is 1.66. The van der Waals surface area contributed by atoms with Crippen molar-refractivity contribution in [3.05, 3.63) is 29.2 Å². The molecule has 0 unspecified atom stereocenters. The van der Waals surface area contributed by atoms with Crippen molar-refractivity contribution in [2.45, 2.75) is 39.5 Å². The number of hydrogen-bond donors (Lipinski definition) is 0. The summed E-state index contributed by atoms with van der Waals surface area (Å²) in [5, 5.41) is 8.49. The number of ether oxygens (including phenoxy) is 2. The van der Waals surface area contributed by atoms with Crippen LogP contribution in [0.15, 0.2) is 10.6 Å². The zero-order valence-corrected chi connectivity index (χ0v) is 14.6. The SMILES string of the molecule is COCCc1noc(CN2CCO[C@H](Cn3nc(C)cc3C)C2)n1. The maximum Gasteiger partial charge on any atom is 0.240 e. The first kappa shape index (κ1) is 17.1. The highest BCUT2D eigenvalue weighted by Crippen LogP contribution is 2.12. The molecule has 8 heteroatoms. The Bertz CT molecular complexity index is 654. The highest BCUT2D eigenvalue weighted by atomic mass is 16.5. The normalized spacial score (nSPS) is 19.0. The molecule has 3 rings (SSSR count). The topological polar surface area (TPSA) is 78.4 Å². The van der Waals surface area contributed by atoms with Gasteiger partial charge in [-0.05, 0) is 19.9 Å². The van der Waals surface area contributed by atoms with E-state index in [-0.39, 0.29) is 6.10 Å². The Hall–Kier alpha value is -1.77. The van der Waals surface area contributed by atoms with Gasteiger partial charge in [-0.1, -0.05) is 5.16 Å². The van der Waals surface area contributed by atoms with Gasteiger partial charge in [0.15, 0.2) is 5.82 Å². The van der Waals surface area contributed by atoms with Crippen molar-refractivity contribution in [2.75, 3.05) is 33.4 Å². The monoisotopic (exact) mass is 335 g/mol. The Morgan fingerprint density at radius 3 is 3.00 bits per heavy atom. The van der Waals surface area contributed by atoms with E-state index in [1.54, 1.807) is 7.11 Å². The van der Waals surface area contributed by atoms with Gasteiger partial charge in [0.05, 0.1) is 38.1 Å². The van der Waals surface area contributed by atoms with Crippen molar-refractivity contribution >= 4 is 0 Å². The first-order chi connectivity index (χ1) is 11.6. The fourth-order valence-electron chi connectivity index (χ4n) is 2.93. The average Bonchev–Trinajstić information content (AvgIpc) is 3.12. The molecule has 2 aromatic rings. The summed E-state index contributed by atoms with van der Waals surface area (Å²) in [5.41, 5.74) is 2.20. The van der Waals surface area contributed by atoms with Gasteiger partial charge >= 0.3 is 0 Å². The van der Waals surface area contributed by atoms with E-state index in [0.717, 1.165) is 31.0 Å². The lowest BCUT2D eigenvalue weighted by atomic mass is 10.2. The van der Waals surface area contributed by atoms with Gasteiger partial charge < -0.3 is 14.0 Å². The average molecular weight is 335 g/mol. The minimum atomic E-state index is 0.118. The summed E-state index contributed by atoms with van der Waals surface area (Å²) in [6, 6.07) is 2.08. The van der Waals surface area contributed by atoms with Crippen LogP contribution >= 0.6 is 0 Å². The lowest BCUT2D eigenvalue weighted by Gasteiger charge is -2.32. The molecule has 24 heavy (non-hydrogen) atoms. The Morgan fingerprint density at radius 1 is 1.38 bits per heavy atom. The molecule has 1 atom stereocenters. The van der Waals surface area contributed by atoms with Crippen LogP contribution in [0.5, 0.6) is 0 Å². The van der Waals surface area contributed by atoms with Crippen LogP contribution in [-0.4, -0.2) is 64.3 Å². The second kappa shape index (κ2) is 7.87. The van der Waals surface area contributed by atoms with Gasteiger partial charge in [-0.25, -0.2) is 0 Å². The van der Waals surface area contributed by atoms with Crippen molar-refractivity contribution in [2.24, 2.45) is 0 Å². The van der Waals surface area contributed by atoms with Crippen LogP contribution in [0.1, 0.15) is 23.1 Å². The van der Waals surface area contributed by atoms with E-state index in [4.69, 9.17) is 14.0 Å². The summed E-state index contributed by atoms with van der Waals surface area (Å²) < 4.78 is 18.3. The van der Waals surface area contributed by atoms with Gasteiger partial charge in [0.1, 0.15) is 0 Å². The third-order valence-electron chi connectivity index (χ3n) is 4.10. The molecule has 1 aliphatic rings.